The van der Waals surface area contributed by atoms with Crippen LogP contribution < -0.4 is 11.1 Å². The van der Waals surface area contributed by atoms with Crippen LogP contribution in [0.3, 0.4) is 0 Å². The Hall–Kier alpha value is -1.30. The van der Waals surface area contributed by atoms with Gasteiger partial charge >= 0.3 is 6.09 Å². The molecule has 0 saturated carbocycles. The predicted octanol–water partition coefficient (Wildman–Crippen LogP) is -1.58. The summed E-state index contributed by atoms with van der Waals surface area (Å²) in [4.78, 5) is 22.4. The first kappa shape index (κ1) is 8.79. The van der Waals surface area contributed by atoms with Crippen LogP contribution in [0.4, 0.5) is 4.79 Å². The summed E-state index contributed by atoms with van der Waals surface area (Å²) in [5.41, 5.74) is 5.01. The minimum absolute atomic E-state index is 0.307. The van der Waals surface area contributed by atoms with E-state index in [2.05, 4.69) is 5.32 Å². The molecule has 1 aliphatic heterocycles. The third-order valence-corrected chi connectivity index (χ3v) is 1.82. The average molecular weight is 173 g/mol. The van der Waals surface area contributed by atoms with Gasteiger partial charge in [-0.15, -0.1) is 0 Å². The Morgan fingerprint density at radius 1 is 1.58 bits per heavy atom. The summed E-state index contributed by atoms with van der Waals surface area (Å²) in [6, 6.07) is -0.726. The van der Waals surface area contributed by atoms with E-state index in [1.165, 1.54) is 0 Å². The highest BCUT2D eigenvalue weighted by atomic mass is 16.4. The number of nitrogens with one attached hydrogen (secondary N) is 1. The molecule has 0 spiro atoms. The molecule has 1 rings (SSSR count). The van der Waals surface area contributed by atoms with Gasteiger partial charge in [0.05, 0.1) is 0 Å². The summed E-state index contributed by atoms with van der Waals surface area (Å²) in [5, 5.41) is 11.5. The molecule has 4 N–H and O–H groups in total. The SMILES string of the molecule is NC(=O)[C@@H]1CNCCN1C(=O)O. The second kappa shape index (κ2) is 3.40. The molecule has 1 saturated heterocycles. The van der Waals surface area contributed by atoms with Crippen LogP contribution >= 0.6 is 0 Å². The van der Waals surface area contributed by atoms with Crippen molar-refractivity contribution in [3.63, 3.8) is 0 Å². The highest BCUT2D eigenvalue weighted by Crippen LogP contribution is 2.02. The Bertz CT molecular complexity index is 184. The van der Waals surface area contributed by atoms with E-state index in [9.17, 15) is 9.59 Å². The van der Waals surface area contributed by atoms with Crippen molar-refractivity contribution in [1.82, 2.24) is 10.2 Å². The minimum atomic E-state index is -1.10. The summed E-state index contributed by atoms with van der Waals surface area (Å²) in [6.45, 7) is 1.18. The fraction of sp³-hybridized carbons (Fsp3) is 0.667. The van der Waals surface area contributed by atoms with E-state index >= 15 is 0 Å². The second-order valence-corrected chi connectivity index (χ2v) is 2.60. The van der Waals surface area contributed by atoms with E-state index in [4.69, 9.17) is 10.8 Å². The number of primary amides is 1. The average Bonchev–Trinajstić information content (AvgIpc) is 2.04. The number of piperazine rings is 1. The lowest BCUT2D eigenvalue weighted by atomic mass is 10.2. The van der Waals surface area contributed by atoms with Gasteiger partial charge in [0.25, 0.3) is 0 Å². The fourth-order valence-electron chi connectivity index (χ4n) is 1.19. The predicted molar refractivity (Wildman–Crippen MR) is 40.6 cm³/mol. The molecule has 1 fully saturated rings. The van der Waals surface area contributed by atoms with Gasteiger partial charge in [0.15, 0.2) is 0 Å². The number of rotatable bonds is 1. The van der Waals surface area contributed by atoms with Gasteiger partial charge in [0.1, 0.15) is 6.04 Å². The van der Waals surface area contributed by atoms with Gasteiger partial charge in [-0.25, -0.2) is 4.79 Å². The van der Waals surface area contributed by atoms with Crippen molar-refractivity contribution in [1.29, 1.82) is 0 Å². The van der Waals surface area contributed by atoms with Gasteiger partial charge in [0, 0.05) is 19.6 Å². The molecule has 6 heteroatoms. The van der Waals surface area contributed by atoms with Crippen LogP contribution in [-0.2, 0) is 4.79 Å². The largest absolute Gasteiger partial charge is 0.465 e. The maximum Gasteiger partial charge on any atom is 0.408 e. The molecule has 0 aromatic heterocycles. The number of amides is 2. The first-order valence-electron chi connectivity index (χ1n) is 3.62. The standard InChI is InChI=1S/C6H11N3O3/c7-5(10)4-3-8-1-2-9(4)6(11)12/h4,8H,1-3H2,(H2,7,10)(H,11,12)/t4-/m0/s1. The molecule has 0 aliphatic carbocycles. The van der Waals surface area contributed by atoms with Crippen LogP contribution in [0.5, 0.6) is 0 Å². The molecule has 12 heavy (non-hydrogen) atoms. The molecule has 0 aromatic rings. The molecule has 2 amide bonds. The van der Waals surface area contributed by atoms with E-state index in [1.807, 2.05) is 0 Å². The van der Waals surface area contributed by atoms with Crippen molar-refractivity contribution in [2.75, 3.05) is 19.6 Å². The number of hydrogen-bond acceptors (Lipinski definition) is 3. The van der Waals surface area contributed by atoms with Crippen LogP contribution in [0.15, 0.2) is 0 Å². The fourth-order valence-corrected chi connectivity index (χ4v) is 1.19. The Balaban J connectivity index is 2.67. The van der Waals surface area contributed by atoms with Gasteiger partial charge in [-0.1, -0.05) is 0 Å². The second-order valence-electron chi connectivity index (χ2n) is 2.60. The third-order valence-electron chi connectivity index (χ3n) is 1.82. The molecular formula is C6H11N3O3. The minimum Gasteiger partial charge on any atom is -0.465 e. The lowest BCUT2D eigenvalue weighted by molar-refractivity contribution is -0.123. The molecule has 1 aliphatic rings. The van der Waals surface area contributed by atoms with Crippen molar-refractivity contribution in [2.24, 2.45) is 5.73 Å². The van der Waals surface area contributed by atoms with Gasteiger partial charge in [-0.2, -0.15) is 0 Å². The Morgan fingerprint density at radius 2 is 2.25 bits per heavy atom. The first-order chi connectivity index (χ1) is 5.63. The summed E-state index contributed by atoms with van der Waals surface area (Å²) in [6.07, 6.45) is -1.10. The number of nitrogens with zero attached hydrogens (tertiary/aromatic N) is 1. The highest BCUT2D eigenvalue weighted by molar-refractivity contribution is 5.84. The lowest BCUT2D eigenvalue weighted by Crippen LogP contribution is -2.58. The van der Waals surface area contributed by atoms with E-state index in [0.717, 1.165) is 4.90 Å². The zero-order valence-electron chi connectivity index (χ0n) is 6.49. The summed E-state index contributed by atoms with van der Waals surface area (Å²) in [7, 11) is 0. The molecule has 1 atom stereocenters. The van der Waals surface area contributed by atoms with Crippen LogP contribution in [0, 0.1) is 0 Å². The molecule has 0 bridgehead atoms. The lowest BCUT2D eigenvalue weighted by Gasteiger charge is -2.31. The molecular weight excluding hydrogens is 162 g/mol. The monoisotopic (exact) mass is 173 g/mol. The van der Waals surface area contributed by atoms with Gasteiger partial charge < -0.3 is 16.2 Å². The normalized spacial score (nSPS) is 23.7. The van der Waals surface area contributed by atoms with E-state index in [-0.39, 0.29) is 0 Å². The van der Waals surface area contributed by atoms with Gasteiger partial charge in [-0.05, 0) is 0 Å². The third kappa shape index (κ3) is 1.65. The molecule has 0 aromatic carbocycles. The maximum absolute atomic E-state index is 10.7. The topological polar surface area (TPSA) is 95.7 Å². The Kier molecular flexibility index (Phi) is 2.49. The van der Waals surface area contributed by atoms with E-state index in [1.54, 1.807) is 0 Å². The Morgan fingerprint density at radius 3 is 2.67 bits per heavy atom. The highest BCUT2D eigenvalue weighted by Gasteiger charge is 2.29. The van der Waals surface area contributed by atoms with Crippen LogP contribution in [0.1, 0.15) is 0 Å². The summed E-state index contributed by atoms with van der Waals surface area (Å²) in [5.74, 6) is -0.607. The van der Waals surface area contributed by atoms with Crippen LogP contribution in [0.2, 0.25) is 0 Å². The van der Waals surface area contributed by atoms with Gasteiger partial charge in [-0.3, -0.25) is 9.69 Å². The van der Waals surface area contributed by atoms with Crippen molar-refractivity contribution in [2.45, 2.75) is 6.04 Å². The summed E-state index contributed by atoms with van der Waals surface area (Å²) >= 11 is 0. The summed E-state index contributed by atoms with van der Waals surface area (Å²) < 4.78 is 0. The molecule has 0 unspecified atom stereocenters. The molecule has 0 radical (unpaired) electrons. The smallest absolute Gasteiger partial charge is 0.408 e. The number of carbonyl (C=O) groups excluding carboxylic acids is 1. The number of nitrogens with two attached hydrogens (primary N) is 1. The van der Waals surface area contributed by atoms with Crippen molar-refractivity contribution in [3.8, 4) is 0 Å². The van der Waals surface area contributed by atoms with E-state index in [0.29, 0.717) is 19.6 Å². The van der Waals surface area contributed by atoms with Gasteiger partial charge in [0.2, 0.25) is 5.91 Å². The quantitative estimate of drug-likeness (QED) is 0.446. The van der Waals surface area contributed by atoms with Crippen molar-refractivity contribution >= 4 is 12.0 Å². The van der Waals surface area contributed by atoms with Crippen LogP contribution in [-0.4, -0.2) is 47.7 Å². The maximum atomic E-state index is 10.7. The van der Waals surface area contributed by atoms with Crippen molar-refractivity contribution in [3.05, 3.63) is 0 Å². The first-order valence-corrected chi connectivity index (χ1v) is 3.62. The number of carboxylic acid groups (broad SMARTS) is 1. The number of carbonyl (C=O) groups is 2. The van der Waals surface area contributed by atoms with Crippen molar-refractivity contribution < 1.29 is 14.7 Å². The van der Waals surface area contributed by atoms with E-state index < -0.39 is 18.0 Å². The Labute approximate surface area is 69.3 Å². The van der Waals surface area contributed by atoms with Crippen LogP contribution in [0.25, 0.3) is 0 Å². The zero-order chi connectivity index (χ0) is 9.14. The molecule has 6 nitrogen and oxygen atoms in total. The molecule has 1 heterocycles. The molecule has 68 valence electrons. The number of hydrogen-bond donors (Lipinski definition) is 3. The zero-order valence-corrected chi connectivity index (χ0v) is 6.49.